The molecule has 0 fully saturated rings. The van der Waals surface area contributed by atoms with Gasteiger partial charge in [-0.25, -0.2) is 0 Å². The van der Waals surface area contributed by atoms with Crippen LogP contribution in [0, 0.1) is 5.92 Å². The standard InChI is InChI=1S/C8H11NO2/c1-2-7-3-4-9(5-7)6-8(10)11/h2-4,7H,1,5-6H2,(H,10,11). The van der Waals surface area contributed by atoms with Crippen LogP contribution in [0.3, 0.4) is 0 Å². The van der Waals surface area contributed by atoms with Crippen molar-refractivity contribution >= 4 is 5.97 Å². The third kappa shape index (κ3) is 2.11. The number of rotatable bonds is 3. The van der Waals surface area contributed by atoms with Crippen LogP contribution in [0.25, 0.3) is 0 Å². The maximum atomic E-state index is 10.2. The van der Waals surface area contributed by atoms with E-state index in [2.05, 4.69) is 6.58 Å². The number of carbonyl (C=O) groups is 1. The van der Waals surface area contributed by atoms with Crippen molar-refractivity contribution < 1.29 is 9.90 Å². The molecule has 1 N–H and O–H groups in total. The molecule has 1 aliphatic heterocycles. The van der Waals surface area contributed by atoms with Gasteiger partial charge in [-0.1, -0.05) is 12.2 Å². The number of carboxylic acid groups (broad SMARTS) is 1. The average molecular weight is 153 g/mol. The maximum Gasteiger partial charge on any atom is 0.323 e. The van der Waals surface area contributed by atoms with E-state index in [0.717, 1.165) is 6.54 Å². The van der Waals surface area contributed by atoms with Crippen molar-refractivity contribution in [3.8, 4) is 0 Å². The van der Waals surface area contributed by atoms with Gasteiger partial charge in [-0.3, -0.25) is 4.79 Å². The Morgan fingerprint density at radius 2 is 2.64 bits per heavy atom. The summed E-state index contributed by atoms with van der Waals surface area (Å²) in [5.74, 6) is -0.478. The Hall–Kier alpha value is -1.25. The summed E-state index contributed by atoms with van der Waals surface area (Å²) in [5, 5.41) is 8.43. The van der Waals surface area contributed by atoms with E-state index in [4.69, 9.17) is 5.11 Å². The smallest absolute Gasteiger partial charge is 0.323 e. The van der Waals surface area contributed by atoms with Crippen LogP contribution >= 0.6 is 0 Å². The lowest BCUT2D eigenvalue weighted by Gasteiger charge is -2.12. The molecule has 0 amide bonds. The normalized spacial score (nSPS) is 22.2. The van der Waals surface area contributed by atoms with Crippen LogP contribution in [-0.2, 0) is 4.79 Å². The van der Waals surface area contributed by atoms with E-state index in [9.17, 15) is 4.79 Å². The lowest BCUT2D eigenvalue weighted by Crippen LogP contribution is -2.24. The Bertz CT molecular complexity index is 198. The number of carboxylic acids is 1. The van der Waals surface area contributed by atoms with Crippen LogP contribution in [0.4, 0.5) is 0 Å². The third-order valence-corrected chi connectivity index (χ3v) is 1.63. The molecule has 0 aromatic rings. The van der Waals surface area contributed by atoms with Gasteiger partial charge in [-0.2, -0.15) is 0 Å². The molecule has 0 aliphatic carbocycles. The van der Waals surface area contributed by atoms with E-state index in [1.54, 1.807) is 11.1 Å². The van der Waals surface area contributed by atoms with Crippen molar-refractivity contribution in [2.24, 2.45) is 5.92 Å². The molecule has 1 unspecified atom stereocenters. The van der Waals surface area contributed by atoms with Crippen LogP contribution in [0.15, 0.2) is 24.9 Å². The zero-order valence-corrected chi connectivity index (χ0v) is 6.23. The van der Waals surface area contributed by atoms with Gasteiger partial charge in [0, 0.05) is 12.5 Å². The zero-order chi connectivity index (χ0) is 8.27. The molecular formula is C8H11NO2. The Balaban J connectivity index is 2.37. The van der Waals surface area contributed by atoms with E-state index in [1.807, 2.05) is 12.2 Å². The van der Waals surface area contributed by atoms with Crippen molar-refractivity contribution in [2.75, 3.05) is 13.1 Å². The summed E-state index contributed by atoms with van der Waals surface area (Å²) >= 11 is 0. The summed E-state index contributed by atoms with van der Waals surface area (Å²) in [6, 6.07) is 0. The average Bonchev–Trinajstić information content (AvgIpc) is 2.34. The first-order valence-electron chi connectivity index (χ1n) is 3.49. The van der Waals surface area contributed by atoms with Gasteiger partial charge in [-0.05, 0) is 6.20 Å². The van der Waals surface area contributed by atoms with E-state index >= 15 is 0 Å². The van der Waals surface area contributed by atoms with E-state index in [0.29, 0.717) is 5.92 Å². The third-order valence-electron chi connectivity index (χ3n) is 1.63. The first-order valence-corrected chi connectivity index (χ1v) is 3.49. The molecular weight excluding hydrogens is 142 g/mol. The zero-order valence-electron chi connectivity index (χ0n) is 6.23. The SMILES string of the molecule is C=CC1C=CN(CC(=O)O)C1. The first kappa shape index (κ1) is 7.85. The highest BCUT2D eigenvalue weighted by molar-refractivity contribution is 5.69. The predicted molar refractivity (Wildman–Crippen MR) is 42.0 cm³/mol. The highest BCUT2D eigenvalue weighted by Gasteiger charge is 2.14. The molecule has 1 rings (SSSR count). The van der Waals surface area contributed by atoms with Gasteiger partial charge in [0.2, 0.25) is 0 Å². The van der Waals surface area contributed by atoms with Crippen LogP contribution < -0.4 is 0 Å². The van der Waals surface area contributed by atoms with Crippen molar-refractivity contribution in [2.45, 2.75) is 0 Å². The number of nitrogens with zero attached hydrogens (tertiary/aromatic N) is 1. The molecule has 0 saturated heterocycles. The summed E-state index contributed by atoms with van der Waals surface area (Å²) in [6.45, 7) is 4.46. The minimum absolute atomic E-state index is 0.0842. The highest BCUT2D eigenvalue weighted by Crippen LogP contribution is 2.11. The van der Waals surface area contributed by atoms with Gasteiger partial charge < -0.3 is 10.0 Å². The van der Waals surface area contributed by atoms with Crippen LogP contribution in [0.2, 0.25) is 0 Å². The van der Waals surface area contributed by atoms with E-state index in [-0.39, 0.29) is 6.54 Å². The number of hydrogen-bond acceptors (Lipinski definition) is 2. The monoisotopic (exact) mass is 153 g/mol. The minimum Gasteiger partial charge on any atom is -0.480 e. The summed E-state index contributed by atoms with van der Waals surface area (Å²) in [4.78, 5) is 12.0. The predicted octanol–water partition coefficient (Wildman–Crippen LogP) is 0.702. The van der Waals surface area contributed by atoms with Crippen LogP contribution in [0.1, 0.15) is 0 Å². The Morgan fingerprint density at radius 1 is 1.91 bits per heavy atom. The Labute approximate surface area is 65.6 Å². The largest absolute Gasteiger partial charge is 0.480 e. The van der Waals surface area contributed by atoms with Crippen molar-refractivity contribution in [1.82, 2.24) is 4.90 Å². The molecule has 0 aromatic heterocycles. The molecule has 3 heteroatoms. The van der Waals surface area contributed by atoms with Crippen molar-refractivity contribution in [3.05, 3.63) is 24.9 Å². The Morgan fingerprint density at radius 3 is 3.09 bits per heavy atom. The summed E-state index contributed by atoms with van der Waals surface area (Å²) in [7, 11) is 0. The van der Waals surface area contributed by atoms with Gasteiger partial charge in [0.15, 0.2) is 0 Å². The molecule has 1 heterocycles. The van der Waals surface area contributed by atoms with Crippen LogP contribution in [0.5, 0.6) is 0 Å². The number of aliphatic carboxylic acids is 1. The molecule has 0 bridgehead atoms. The molecule has 3 nitrogen and oxygen atoms in total. The summed E-state index contributed by atoms with van der Waals surface area (Å²) in [5.41, 5.74) is 0. The Kier molecular flexibility index (Phi) is 2.31. The van der Waals surface area contributed by atoms with Gasteiger partial charge in [0.25, 0.3) is 0 Å². The van der Waals surface area contributed by atoms with Gasteiger partial charge in [0.05, 0.1) is 0 Å². The van der Waals surface area contributed by atoms with Gasteiger partial charge >= 0.3 is 5.97 Å². The molecule has 0 aromatic carbocycles. The highest BCUT2D eigenvalue weighted by atomic mass is 16.4. The van der Waals surface area contributed by atoms with Crippen LogP contribution in [-0.4, -0.2) is 29.1 Å². The molecule has 0 radical (unpaired) electrons. The van der Waals surface area contributed by atoms with E-state index < -0.39 is 5.97 Å². The second kappa shape index (κ2) is 3.23. The second-order valence-corrected chi connectivity index (χ2v) is 2.56. The van der Waals surface area contributed by atoms with E-state index in [1.165, 1.54) is 0 Å². The molecule has 11 heavy (non-hydrogen) atoms. The fourth-order valence-electron chi connectivity index (χ4n) is 1.07. The molecule has 60 valence electrons. The van der Waals surface area contributed by atoms with Crippen molar-refractivity contribution in [3.63, 3.8) is 0 Å². The lowest BCUT2D eigenvalue weighted by atomic mass is 10.2. The first-order chi connectivity index (χ1) is 5.22. The number of hydrogen-bond donors (Lipinski definition) is 1. The fraction of sp³-hybridized carbons (Fsp3) is 0.375. The molecule has 1 aliphatic rings. The summed E-state index contributed by atoms with van der Waals surface area (Å²) in [6.07, 6.45) is 5.58. The molecule has 0 spiro atoms. The lowest BCUT2D eigenvalue weighted by molar-refractivity contribution is -0.137. The maximum absolute atomic E-state index is 10.2. The molecule has 1 atom stereocenters. The fourth-order valence-corrected chi connectivity index (χ4v) is 1.07. The van der Waals surface area contributed by atoms with Gasteiger partial charge in [-0.15, -0.1) is 6.58 Å². The minimum atomic E-state index is -0.792. The quantitative estimate of drug-likeness (QED) is 0.607. The topological polar surface area (TPSA) is 40.5 Å². The van der Waals surface area contributed by atoms with Gasteiger partial charge in [0.1, 0.15) is 6.54 Å². The summed E-state index contributed by atoms with van der Waals surface area (Å²) < 4.78 is 0. The molecule has 0 saturated carbocycles. The second-order valence-electron chi connectivity index (χ2n) is 2.56. The van der Waals surface area contributed by atoms with Crippen molar-refractivity contribution in [1.29, 1.82) is 0 Å².